The average Bonchev–Trinajstić information content (AvgIpc) is 2.52. The third-order valence-electron chi connectivity index (χ3n) is 4.22. The third kappa shape index (κ3) is 5.72. The van der Waals surface area contributed by atoms with Crippen LogP contribution >= 0.6 is 8.58 Å². The van der Waals surface area contributed by atoms with Gasteiger partial charge in [0, 0.05) is 5.52 Å². The number of hydrogen-bond acceptors (Lipinski definition) is 2. The first-order valence-electron chi connectivity index (χ1n) is 8.36. The predicted molar refractivity (Wildman–Crippen MR) is 103 cm³/mol. The van der Waals surface area contributed by atoms with Gasteiger partial charge in [0.25, 0.3) is 0 Å². The van der Waals surface area contributed by atoms with Crippen molar-refractivity contribution < 1.29 is 28.4 Å². The Hall–Kier alpha value is -1.06. The minimum Gasteiger partial charge on any atom is -0.493 e. The number of aryl methyl sites for hydroxylation is 2. The largest absolute Gasteiger partial charge is 1.00 e. The fourth-order valence-corrected chi connectivity index (χ4v) is 3.65. The first-order chi connectivity index (χ1) is 11.3. The molecule has 128 valence electrons. The van der Waals surface area contributed by atoms with E-state index < -0.39 is 0 Å². The van der Waals surface area contributed by atoms with Gasteiger partial charge in [-0.15, -0.1) is 0 Å². The smallest absolute Gasteiger partial charge is 0.493 e. The summed E-state index contributed by atoms with van der Waals surface area (Å²) in [6.45, 7) is 13.2. The summed E-state index contributed by atoms with van der Waals surface area (Å²) in [5.41, 5.74) is 5.62. The molecule has 0 fully saturated rings. The van der Waals surface area contributed by atoms with Gasteiger partial charge in [0.2, 0.25) is 0 Å². The molecule has 2 rings (SSSR count). The van der Waals surface area contributed by atoms with Crippen LogP contribution in [0.5, 0.6) is 5.75 Å². The molecule has 2 nitrogen and oxygen atoms in total. The van der Waals surface area contributed by atoms with Crippen LogP contribution in [-0.2, 0) is 0 Å². The van der Waals surface area contributed by atoms with Gasteiger partial charge in [0.05, 0.1) is 6.61 Å². The molecule has 25 heavy (non-hydrogen) atoms. The quantitative estimate of drug-likeness (QED) is 0.592. The van der Waals surface area contributed by atoms with E-state index in [2.05, 4.69) is 33.8 Å². The molecule has 0 aliphatic carbocycles. The van der Waals surface area contributed by atoms with E-state index in [0.717, 1.165) is 27.7 Å². The van der Waals surface area contributed by atoms with Crippen LogP contribution in [0.15, 0.2) is 30.3 Å². The number of ether oxygens (including phenoxy) is 1. The van der Waals surface area contributed by atoms with Crippen molar-refractivity contribution in [1.29, 1.82) is 0 Å². The number of benzene rings is 2. The molecule has 2 aromatic carbocycles. The summed E-state index contributed by atoms with van der Waals surface area (Å²) in [4.78, 5) is 12.8. The SMILES string of the molecule is Cc1cc(C)c(C(=O)[P-]c2ccc(OCC(C)C)cc2)c(C)c1C.[Li+]. The molecular weight excluding hydrogens is 322 g/mol. The monoisotopic (exact) mass is 348 g/mol. The maximum Gasteiger partial charge on any atom is 1.00 e. The number of carbonyl (C=O) groups is 1. The van der Waals surface area contributed by atoms with Crippen LogP contribution in [0.3, 0.4) is 0 Å². The van der Waals surface area contributed by atoms with E-state index in [1.54, 1.807) is 0 Å². The van der Waals surface area contributed by atoms with Gasteiger partial charge in [-0.2, -0.15) is 5.30 Å². The molecule has 0 aromatic heterocycles. The molecule has 0 saturated heterocycles. The molecule has 0 heterocycles. The fourth-order valence-electron chi connectivity index (χ4n) is 2.67. The number of carbonyl (C=O) groups excluding carboxylic acids is 1. The fraction of sp³-hybridized carbons (Fsp3) is 0.381. The second-order valence-corrected chi connectivity index (χ2v) is 7.90. The summed E-state index contributed by atoms with van der Waals surface area (Å²) in [6, 6.07) is 9.94. The maximum atomic E-state index is 12.8. The van der Waals surface area contributed by atoms with Gasteiger partial charge in [-0.1, -0.05) is 32.0 Å². The van der Waals surface area contributed by atoms with Crippen LogP contribution in [0.2, 0.25) is 0 Å². The Morgan fingerprint density at radius 1 is 1.00 bits per heavy atom. The predicted octanol–water partition coefficient (Wildman–Crippen LogP) is 2.37. The molecule has 4 heteroatoms. The number of rotatable bonds is 6. The summed E-state index contributed by atoms with van der Waals surface area (Å²) >= 11 is 0. The molecule has 0 N–H and O–H groups in total. The van der Waals surface area contributed by atoms with Gasteiger partial charge in [0.15, 0.2) is 0 Å². The summed E-state index contributed by atoms with van der Waals surface area (Å²) < 4.78 is 5.69. The van der Waals surface area contributed by atoms with Gasteiger partial charge >= 0.3 is 18.9 Å². The zero-order chi connectivity index (χ0) is 17.9. The van der Waals surface area contributed by atoms with Gasteiger partial charge in [-0.05, 0) is 73.6 Å². The van der Waals surface area contributed by atoms with E-state index in [0.29, 0.717) is 21.1 Å². The molecule has 0 atom stereocenters. The Morgan fingerprint density at radius 3 is 2.16 bits per heavy atom. The Morgan fingerprint density at radius 2 is 1.60 bits per heavy atom. The van der Waals surface area contributed by atoms with Gasteiger partial charge in [0.1, 0.15) is 5.75 Å². The summed E-state index contributed by atoms with van der Waals surface area (Å²) in [5, 5.41) is 0.994. The van der Waals surface area contributed by atoms with Crippen molar-refractivity contribution in [3.8, 4) is 5.75 Å². The minimum atomic E-state index is 0. The zero-order valence-electron chi connectivity index (χ0n) is 16.4. The maximum absolute atomic E-state index is 12.8. The Kier molecular flexibility index (Phi) is 8.43. The Balaban J connectivity index is 0.00000312. The van der Waals surface area contributed by atoms with Crippen molar-refractivity contribution >= 4 is 19.4 Å². The normalized spacial score (nSPS) is 11.0. The average molecular weight is 348 g/mol. The van der Waals surface area contributed by atoms with E-state index in [9.17, 15) is 4.79 Å². The van der Waals surface area contributed by atoms with E-state index in [4.69, 9.17) is 4.74 Å². The Bertz CT molecular complexity index is 737. The van der Waals surface area contributed by atoms with Crippen LogP contribution in [0.1, 0.15) is 46.5 Å². The molecule has 0 radical (unpaired) electrons. The van der Waals surface area contributed by atoms with E-state index in [1.807, 2.05) is 38.1 Å². The van der Waals surface area contributed by atoms with Crippen LogP contribution < -0.4 is 28.9 Å². The second kappa shape index (κ2) is 9.58. The standard InChI is InChI=1S/C21H26O2P.Li/c1-13(2)12-23-18-7-9-19(10-8-18)24-21(22)20-15(4)11-14(3)16(5)17(20)6;/h7-11,13H,12H2,1-6H3;/q-1;+1. The van der Waals surface area contributed by atoms with Gasteiger partial charge < -0.3 is 18.1 Å². The topological polar surface area (TPSA) is 26.3 Å². The van der Waals surface area contributed by atoms with E-state index in [-0.39, 0.29) is 24.4 Å². The van der Waals surface area contributed by atoms with Crippen LogP contribution in [0, 0.1) is 33.6 Å². The van der Waals surface area contributed by atoms with Crippen molar-refractivity contribution in [2.45, 2.75) is 41.5 Å². The van der Waals surface area contributed by atoms with Crippen LogP contribution in [0.4, 0.5) is 0 Å². The summed E-state index contributed by atoms with van der Waals surface area (Å²) in [6.07, 6.45) is 0. The molecular formula is C21H26LiO2P. The third-order valence-corrected chi connectivity index (χ3v) is 5.20. The minimum absolute atomic E-state index is 0. The molecule has 0 saturated carbocycles. The van der Waals surface area contributed by atoms with Crippen molar-refractivity contribution in [1.82, 2.24) is 0 Å². The van der Waals surface area contributed by atoms with E-state index in [1.165, 1.54) is 11.1 Å². The van der Waals surface area contributed by atoms with Gasteiger partial charge in [-0.25, -0.2) is 0 Å². The van der Waals surface area contributed by atoms with Crippen molar-refractivity contribution in [3.05, 3.63) is 58.1 Å². The second-order valence-electron chi connectivity index (χ2n) is 6.75. The first-order valence-corrected chi connectivity index (χ1v) is 9.25. The van der Waals surface area contributed by atoms with E-state index >= 15 is 0 Å². The molecule has 0 amide bonds. The zero-order valence-corrected chi connectivity index (χ0v) is 17.3. The summed E-state index contributed by atoms with van der Waals surface area (Å²) in [7, 11) is 0.710. The van der Waals surface area contributed by atoms with Crippen molar-refractivity contribution in [2.75, 3.05) is 6.61 Å². The van der Waals surface area contributed by atoms with Gasteiger partial charge in [-0.3, -0.25) is 0 Å². The molecule has 0 spiro atoms. The molecule has 0 aliphatic heterocycles. The van der Waals surface area contributed by atoms with Crippen molar-refractivity contribution in [3.63, 3.8) is 0 Å². The summed E-state index contributed by atoms with van der Waals surface area (Å²) in [5.74, 6) is 1.36. The molecule has 2 aromatic rings. The van der Waals surface area contributed by atoms with Crippen molar-refractivity contribution in [2.24, 2.45) is 5.92 Å². The molecule has 0 unspecified atom stereocenters. The first kappa shape index (κ1) is 22.0. The number of hydrogen-bond donors (Lipinski definition) is 0. The molecule has 0 aliphatic rings. The van der Waals surface area contributed by atoms with Crippen LogP contribution in [0.25, 0.3) is 0 Å². The van der Waals surface area contributed by atoms with Crippen LogP contribution in [-0.4, -0.2) is 12.1 Å². The molecule has 0 bridgehead atoms. The Labute approximate surface area is 165 Å².